The number of nitrogens with zero attached hydrogens (tertiary/aromatic N) is 5. The lowest BCUT2D eigenvalue weighted by molar-refractivity contribution is -0.141. The molecule has 0 saturated carbocycles. The van der Waals surface area contributed by atoms with Crippen LogP contribution in [-0.2, 0) is 6.18 Å². The number of hydrogen-bond acceptors (Lipinski definition) is 5. The van der Waals surface area contributed by atoms with E-state index in [1.165, 1.54) is 16.8 Å². The average molecular weight is 480 g/mol. The van der Waals surface area contributed by atoms with Crippen LogP contribution in [0.25, 0.3) is 28.2 Å². The quantitative estimate of drug-likeness (QED) is 0.467. The van der Waals surface area contributed by atoms with Crippen molar-refractivity contribution in [3.63, 3.8) is 0 Å². The summed E-state index contributed by atoms with van der Waals surface area (Å²) in [5, 5.41) is 4.23. The van der Waals surface area contributed by atoms with Gasteiger partial charge in [-0.05, 0) is 37.5 Å². The van der Waals surface area contributed by atoms with E-state index in [2.05, 4.69) is 15.1 Å². The molecule has 0 spiro atoms. The van der Waals surface area contributed by atoms with Crippen molar-refractivity contribution in [3.05, 3.63) is 72.2 Å². The first-order valence-corrected chi connectivity index (χ1v) is 11.4. The van der Waals surface area contributed by atoms with E-state index < -0.39 is 17.8 Å². The van der Waals surface area contributed by atoms with E-state index >= 15 is 0 Å². The van der Waals surface area contributed by atoms with Gasteiger partial charge in [0, 0.05) is 36.5 Å². The lowest BCUT2D eigenvalue weighted by atomic mass is 10.0. The van der Waals surface area contributed by atoms with E-state index in [4.69, 9.17) is 5.73 Å². The Kier molecular flexibility index (Phi) is 5.98. The minimum atomic E-state index is -4.73. The molecule has 1 unspecified atom stereocenters. The molecule has 3 aromatic heterocycles. The first-order chi connectivity index (χ1) is 16.8. The lowest BCUT2D eigenvalue weighted by Gasteiger charge is -2.35. The number of piperidine rings is 1. The maximum absolute atomic E-state index is 13.8. The predicted molar refractivity (Wildman–Crippen MR) is 124 cm³/mol. The Morgan fingerprint density at radius 3 is 2.60 bits per heavy atom. The maximum atomic E-state index is 13.8. The summed E-state index contributed by atoms with van der Waals surface area (Å²) in [6.45, 7) is 0.717. The van der Waals surface area contributed by atoms with Crippen molar-refractivity contribution in [2.24, 2.45) is 5.73 Å². The van der Waals surface area contributed by atoms with Crippen molar-refractivity contribution < 1.29 is 18.0 Å². The fraction of sp³-hybridized carbons (Fsp3) is 0.280. The van der Waals surface area contributed by atoms with Crippen molar-refractivity contribution in [1.29, 1.82) is 0 Å². The van der Waals surface area contributed by atoms with Gasteiger partial charge in [-0.3, -0.25) is 4.79 Å². The largest absolute Gasteiger partial charge is 0.433 e. The molecule has 4 aromatic rings. The molecule has 2 N–H and O–H groups in total. The van der Waals surface area contributed by atoms with Crippen LogP contribution >= 0.6 is 0 Å². The number of carbonyl (C=O) groups is 1. The number of rotatable bonds is 4. The van der Waals surface area contributed by atoms with E-state index in [0.717, 1.165) is 30.9 Å². The number of aromatic nitrogens is 4. The Labute approximate surface area is 199 Å². The maximum Gasteiger partial charge on any atom is 0.433 e. The van der Waals surface area contributed by atoms with Crippen LogP contribution in [0.2, 0.25) is 0 Å². The number of amides is 1. The summed E-state index contributed by atoms with van der Waals surface area (Å²) in [6, 6.07) is 13.2. The summed E-state index contributed by atoms with van der Waals surface area (Å²) in [5.41, 5.74) is 6.74. The van der Waals surface area contributed by atoms with Gasteiger partial charge < -0.3 is 10.6 Å². The minimum absolute atomic E-state index is 0.0165. The summed E-state index contributed by atoms with van der Waals surface area (Å²) >= 11 is 0. The van der Waals surface area contributed by atoms with Gasteiger partial charge in [0.2, 0.25) is 0 Å². The van der Waals surface area contributed by atoms with Gasteiger partial charge in [-0.15, -0.1) is 0 Å². The molecule has 1 aliphatic rings. The molecule has 0 aliphatic carbocycles. The zero-order valence-corrected chi connectivity index (χ0v) is 18.7. The van der Waals surface area contributed by atoms with Crippen LogP contribution in [0.1, 0.15) is 35.3 Å². The van der Waals surface area contributed by atoms with E-state index in [-0.39, 0.29) is 23.8 Å². The smallest absolute Gasteiger partial charge is 0.334 e. The third-order valence-corrected chi connectivity index (χ3v) is 6.24. The molecule has 4 heterocycles. The monoisotopic (exact) mass is 480 g/mol. The molecular formula is C25H23F3N6O. The molecule has 1 atom stereocenters. The molecule has 0 bridgehead atoms. The van der Waals surface area contributed by atoms with Crippen molar-refractivity contribution in [3.8, 4) is 22.5 Å². The number of likely N-dealkylation sites (tertiary alicyclic amines) is 1. The third-order valence-electron chi connectivity index (χ3n) is 6.24. The van der Waals surface area contributed by atoms with Crippen LogP contribution in [-0.4, -0.2) is 49.5 Å². The summed E-state index contributed by atoms with van der Waals surface area (Å²) in [7, 11) is 0. The third kappa shape index (κ3) is 4.49. The molecule has 10 heteroatoms. The summed E-state index contributed by atoms with van der Waals surface area (Å²) in [4.78, 5) is 23.4. The van der Waals surface area contributed by atoms with E-state index in [1.54, 1.807) is 17.2 Å². The number of fused-ring (bicyclic) bond motifs is 1. The SMILES string of the molecule is NCC1CCCCN1C(=O)c1cc(-c2cnn3ccc(-c4ccccc4)nc23)nc(C(F)(F)F)c1. The van der Waals surface area contributed by atoms with Crippen LogP contribution in [0.15, 0.2) is 60.9 Å². The van der Waals surface area contributed by atoms with E-state index in [1.807, 2.05) is 30.3 Å². The Morgan fingerprint density at radius 2 is 1.86 bits per heavy atom. The Hall–Kier alpha value is -3.79. The predicted octanol–water partition coefficient (Wildman–Crippen LogP) is 4.43. The normalized spacial score (nSPS) is 16.6. The van der Waals surface area contributed by atoms with Crippen LogP contribution in [0.5, 0.6) is 0 Å². The Bertz CT molecular complexity index is 1370. The highest BCUT2D eigenvalue weighted by molar-refractivity contribution is 5.96. The fourth-order valence-electron chi connectivity index (χ4n) is 4.44. The van der Waals surface area contributed by atoms with Crippen LogP contribution < -0.4 is 5.73 Å². The van der Waals surface area contributed by atoms with Gasteiger partial charge in [0.05, 0.1) is 23.1 Å². The number of nitrogens with two attached hydrogens (primary N) is 1. The van der Waals surface area contributed by atoms with Gasteiger partial charge in [0.15, 0.2) is 5.65 Å². The Balaban J connectivity index is 1.62. The topological polar surface area (TPSA) is 89.4 Å². The second kappa shape index (κ2) is 9.10. The molecule has 35 heavy (non-hydrogen) atoms. The number of alkyl halides is 3. The van der Waals surface area contributed by atoms with Gasteiger partial charge in [-0.25, -0.2) is 14.5 Å². The summed E-state index contributed by atoms with van der Waals surface area (Å²) < 4.78 is 42.9. The fourth-order valence-corrected chi connectivity index (χ4v) is 4.44. The summed E-state index contributed by atoms with van der Waals surface area (Å²) in [5.74, 6) is -0.483. The number of carbonyl (C=O) groups excluding carboxylic acids is 1. The molecule has 1 fully saturated rings. The first-order valence-electron chi connectivity index (χ1n) is 11.4. The zero-order chi connectivity index (χ0) is 24.6. The minimum Gasteiger partial charge on any atom is -0.334 e. The molecule has 1 aromatic carbocycles. The second-order valence-corrected chi connectivity index (χ2v) is 8.51. The van der Waals surface area contributed by atoms with Gasteiger partial charge in [-0.2, -0.15) is 18.3 Å². The summed E-state index contributed by atoms with van der Waals surface area (Å²) in [6.07, 6.45) is 0.814. The number of pyridine rings is 1. The lowest BCUT2D eigenvalue weighted by Crippen LogP contribution is -2.47. The molecular weight excluding hydrogens is 457 g/mol. The van der Waals surface area contributed by atoms with Crippen molar-refractivity contribution >= 4 is 11.6 Å². The van der Waals surface area contributed by atoms with E-state index in [0.29, 0.717) is 23.4 Å². The molecule has 180 valence electrons. The van der Waals surface area contributed by atoms with Crippen LogP contribution in [0, 0.1) is 0 Å². The van der Waals surface area contributed by atoms with Crippen LogP contribution in [0.3, 0.4) is 0 Å². The van der Waals surface area contributed by atoms with Crippen molar-refractivity contribution in [1.82, 2.24) is 24.5 Å². The molecule has 1 aliphatic heterocycles. The molecule has 5 rings (SSSR count). The van der Waals surface area contributed by atoms with Gasteiger partial charge in [-0.1, -0.05) is 30.3 Å². The van der Waals surface area contributed by atoms with Crippen molar-refractivity contribution in [2.75, 3.05) is 13.1 Å². The van der Waals surface area contributed by atoms with Gasteiger partial charge in [0.1, 0.15) is 5.69 Å². The second-order valence-electron chi connectivity index (χ2n) is 8.51. The van der Waals surface area contributed by atoms with Crippen LogP contribution in [0.4, 0.5) is 13.2 Å². The number of halogens is 3. The first kappa shape index (κ1) is 23.0. The highest BCUT2D eigenvalue weighted by atomic mass is 19.4. The standard InChI is InChI=1S/C25H23F3N6O/c26-25(27,28)22-13-17(24(35)33-10-5-4-8-18(33)14-29)12-21(31-22)19-15-30-34-11-9-20(32-23(19)34)16-6-2-1-3-7-16/h1-3,6-7,9,11-13,15,18H,4-5,8,10,14,29H2. The number of hydrogen-bond donors (Lipinski definition) is 1. The Morgan fingerprint density at radius 1 is 1.06 bits per heavy atom. The molecule has 1 amide bonds. The highest BCUT2D eigenvalue weighted by Crippen LogP contribution is 2.33. The highest BCUT2D eigenvalue weighted by Gasteiger charge is 2.35. The molecule has 0 radical (unpaired) electrons. The molecule has 1 saturated heterocycles. The number of benzene rings is 1. The van der Waals surface area contributed by atoms with Crippen molar-refractivity contribution in [2.45, 2.75) is 31.5 Å². The molecule has 7 nitrogen and oxygen atoms in total. The zero-order valence-electron chi connectivity index (χ0n) is 18.7. The van der Waals surface area contributed by atoms with E-state index in [9.17, 15) is 18.0 Å². The van der Waals surface area contributed by atoms with Gasteiger partial charge >= 0.3 is 6.18 Å². The van der Waals surface area contributed by atoms with Gasteiger partial charge in [0.25, 0.3) is 5.91 Å². The average Bonchev–Trinajstić information content (AvgIpc) is 3.31.